The summed E-state index contributed by atoms with van der Waals surface area (Å²) in [6.45, 7) is 0. The lowest BCUT2D eigenvalue weighted by molar-refractivity contribution is 0.230. The summed E-state index contributed by atoms with van der Waals surface area (Å²) in [6.07, 6.45) is 3.60. The Labute approximate surface area is 129 Å². The lowest BCUT2D eigenvalue weighted by Gasteiger charge is -2.03. The van der Waals surface area contributed by atoms with Gasteiger partial charge in [-0.25, -0.2) is 4.79 Å². The van der Waals surface area contributed by atoms with Gasteiger partial charge in [-0.3, -0.25) is 0 Å². The molecule has 2 aromatic carbocycles. The highest BCUT2D eigenvalue weighted by Crippen LogP contribution is 2.24. The molecule has 0 aromatic heterocycles. The Bertz CT molecular complexity index is 647. The topological polar surface area (TPSA) is 66.8 Å². The summed E-state index contributed by atoms with van der Waals surface area (Å²) in [4.78, 5) is 10.9. The van der Waals surface area contributed by atoms with Crippen molar-refractivity contribution in [1.82, 2.24) is 0 Å². The Morgan fingerprint density at radius 1 is 0.950 bits per heavy atom. The van der Waals surface area contributed by atoms with Gasteiger partial charge < -0.3 is 14.9 Å². The van der Waals surface area contributed by atoms with Crippen LogP contribution in [0.5, 0.6) is 17.2 Å². The molecule has 0 unspecified atom stereocenters. The Morgan fingerprint density at radius 3 is 2.25 bits per heavy atom. The smallest absolute Gasteiger partial charge is 0.372 e. The number of carbonyl (C=O) groups excluding carboxylic acids is 1. The Kier molecular flexibility index (Phi) is 4.62. The third-order valence-electron chi connectivity index (χ3n) is 2.47. The largest absolute Gasteiger partial charge is 0.508 e. The molecule has 0 bridgehead atoms. The molecule has 0 spiro atoms. The molecular weight excluding hydrogens is 371 g/mol. The summed E-state index contributed by atoms with van der Waals surface area (Å²) in [5.41, 5.74) is 1.60. The first-order valence-corrected chi connectivity index (χ1v) is 6.79. The molecule has 20 heavy (non-hydrogen) atoms. The van der Waals surface area contributed by atoms with Gasteiger partial charge in [0, 0.05) is 6.07 Å². The zero-order valence-corrected chi connectivity index (χ0v) is 12.4. The molecule has 0 aliphatic heterocycles. The monoisotopic (exact) mass is 382 g/mol. The Hall–Kier alpha value is -2.02. The van der Waals surface area contributed by atoms with Crippen molar-refractivity contribution >= 4 is 38.7 Å². The predicted octanol–water partition coefficient (Wildman–Crippen LogP) is 4.20. The quantitative estimate of drug-likeness (QED) is 0.474. The summed E-state index contributed by atoms with van der Waals surface area (Å²) < 4.78 is 4.45. The zero-order valence-electron chi connectivity index (χ0n) is 10.3. The fourth-order valence-electron chi connectivity index (χ4n) is 1.63. The van der Waals surface area contributed by atoms with E-state index in [9.17, 15) is 15.0 Å². The fraction of sp³-hybridized carbons (Fsp3) is 0. The second-order valence-electron chi connectivity index (χ2n) is 4.02. The van der Waals surface area contributed by atoms with Crippen molar-refractivity contribution in [2.45, 2.75) is 0 Å². The van der Waals surface area contributed by atoms with Crippen molar-refractivity contribution in [3.63, 3.8) is 0 Å². The zero-order chi connectivity index (χ0) is 14.5. The average molecular weight is 382 g/mol. The summed E-state index contributed by atoms with van der Waals surface area (Å²) >= 11 is 1.52. The maximum atomic E-state index is 10.9. The minimum Gasteiger partial charge on any atom is -0.508 e. The lowest BCUT2D eigenvalue weighted by atomic mass is 10.1. The van der Waals surface area contributed by atoms with Gasteiger partial charge in [-0.15, -0.1) is 0 Å². The normalized spacial score (nSPS) is 10.7. The molecule has 0 saturated heterocycles. The van der Waals surface area contributed by atoms with Gasteiger partial charge in [-0.05, 0) is 35.4 Å². The standard InChI is InChI=1S/C15H11IO4/c16-15(19)20-14-8-11(7-13(18)9-14)2-1-10-3-5-12(17)6-4-10/h1-9,17-18H/b2-1+. The van der Waals surface area contributed by atoms with Crippen LogP contribution in [-0.4, -0.2) is 14.2 Å². The molecule has 0 atom stereocenters. The van der Waals surface area contributed by atoms with Crippen LogP contribution in [0.4, 0.5) is 4.79 Å². The van der Waals surface area contributed by atoms with Gasteiger partial charge in [0.2, 0.25) is 0 Å². The molecule has 0 heterocycles. The molecule has 0 saturated carbocycles. The number of hydrogen-bond acceptors (Lipinski definition) is 4. The minimum absolute atomic E-state index is 0.0190. The number of carbonyl (C=O) groups is 1. The Balaban J connectivity index is 2.22. The number of halogens is 1. The van der Waals surface area contributed by atoms with E-state index in [1.165, 1.54) is 28.7 Å². The van der Waals surface area contributed by atoms with Crippen LogP contribution in [0.15, 0.2) is 42.5 Å². The van der Waals surface area contributed by atoms with Crippen LogP contribution < -0.4 is 4.74 Å². The molecule has 4 nitrogen and oxygen atoms in total. The van der Waals surface area contributed by atoms with Gasteiger partial charge in [0.1, 0.15) is 17.2 Å². The van der Waals surface area contributed by atoms with Gasteiger partial charge in [-0.2, -0.15) is 0 Å². The molecule has 2 rings (SSSR count). The SMILES string of the molecule is O=C(I)Oc1cc(O)cc(/C=C/c2ccc(O)cc2)c1. The van der Waals surface area contributed by atoms with Gasteiger partial charge in [0.15, 0.2) is 0 Å². The number of ether oxygens (including phenoxy) is 1. The molecule has 0 radical (unpaired) electrons. The summed E-state index contributed by atoms with van der Waals surface area (Å²) in [5.74, 6) is 0.510. The molecule has 2 aromatic rings. The molecule has 2 N–H and O–H groups in total. The number of benzene rings is 2. The highest BCUT2D eigenvalue weighted by molar-refractivity contribution is 14.1. The highest BCUT2D eigenvalue weighted by atomic mass is 127. The van der Waals surface area contributed by atoms with E-state index in [0.29, 0.717) is 5.56 Å². The first kappa shape index (κ1) is 14.4. The summed E-state index contributed by atoms with van der Waals surface area (Å²) in [5, 5.41) is 18.8. The van der Waals surface area contributed by atoms with Gasteiger partial charge in [0.25, 0.3) is 0 Å². The second kappa shape index (κ2) is 6.42. The van der Waals surface area contributed by atoms with Crippen molar-refractivity contribution in [2.75, 3.05) is 0 Å². The molecule has 5 heteroatoms. The van der Waals surface area contributed by atoms with E-state index in [1.54, 1.807) is 42.5 Å². The van der Waals surface area contributed by atoms with Gasteiger partial charge in [-0.1, -0.05) is 24.3 Å². The number of aromatic hydroxyl groups is 2. The van der Waals surface area contributed by atoms with Crippen molar-refractivity contribution < 1.29 is 19.7 Å². The molecule has 0 aliphatic rings. The van der Waals surface area contributed by atoms with E-state index < -0.39 is 3.98 Å². The third kappa shape index (κ3) is 4.27. The van der Waals surface area contributed by atoms with Crippen LogP contribution in [0.1, 0.15) is 11.1 Å². The number of hydrogen-bond donors (Lipinski definition) is 2. The van der Waals surface area contributed by atoms with Crippen molar-refractivity contribution in [2.24, 2.45) is 0 Å². The first-order valence-electron chi connectivity index (χ1n) is 5.71. The summed E-state index contributed by atoms with van der Waals surface area (Å²) in [7, 11) is 0. The Morgan fingerprint density at radius 2 is 1.60 bits per heavy atom. The van der Waals surface area contributed by atoms with Crippen molar-refractivity contribution in [3.05, 3.63) is 53.6 Å². The van der Waals surface area contributed by atoms with E-state index in [1.807, 2.05) is 6.08 Å². The van der Waals surface area contributed by atoms with E-state index >= 15 is 0 Å². The van der Waals surface area contributed by atoms with Crippen LogP contribution in [0.25, 0.3) is 12.2 Å². The van der Waals surface area contributed by atoms with Gasteiger partial charge >= 0.3 is 3.98 Å². The highest BCUT2D eigenvalue weighted by Gasteiger charge is 2.03. The first-order chi connectivity index (χ1) is 9.52. The van der Waals surface area contributed by atoms with Crippen LogP contribution in [0.2, 0.25) is 0 Å². The van der Waals surface area contributed by atoms with Gasteiger partial charge in [0.05, 0.1) is 22.6 Å². The predicted molar refractivity (Wildman–Crippen MR) is 85.2 cm³/mol. The molecule has 0 amide bonds. The molecule has 0 fully saturated rings. The molecular formula is C15H11IO4. The fourth-order valence-corrected chi connectivity index (χ4v) is 1.89. The lowest BCUT2D eigenvalue weighted by Crippen LogP contribution is -1.95. The van der Waals surface area contributed by atoms with Crippen molar-refractivity contribution in [3.8, 4) is 17.2 Å². The number of rotatable bonds is 3. The van der Waals surface area contributed by atoms with Crippen molar-refractivity contribution in [1.29, 1.82) is 0 Å². The van der Waals surface area contributed by atoms with E-state index in [4.69, 9.17) is 4.74 Å². The summed E-state index contributed by atoms with van der Waals surface area (Å²) in [6, 6.07) is 11.3. The van der Waals surface area contributed by atoms with Crippen LogP contribution in [0.3, 0.4) is 0 Å². The van der Waals surface area contributed by atoms with Crippen LogP contribution in [-0.2, 0) is 0 Å². The maximum absolute atomic E-state index is 10.9. The number of phenolic OH excluding ortho intramolecular Hbond substituents is 2. The number of phenols is 2. The third-order valence-corrected chi connectivity index (χ3v) is 2.69. The molecule has 102 valence electrons. The second-order valence-corrected chi connectivity index (χ2v) is 4.91. The average Bonchev–Trinajstić information content (AvgIpc) is 2.36. The van der Waals surface area contributed by atoms with E-state index in [0.717, 1.165) is 5.56 Å². The van der Waals surface area contributed by atoms with E-state index in [-0.39, 0.29) is 17.2 Å². The molecule has 0 aliphatic carbocycles. The van der Waals surface area contributed by atoms with Crippen LogP contribution in [0, 0.1) is 0 Å². The van der Waals surface area contributed by atoms with Crippen LogP contribution >= 0.6 is 22.6 Å². The maximum Gasteiger partial charge on any atom is 0.372 e. The van der Waals surface area contributed by atoms with E-state index in [2.05, 4.69) is 0 Å². The minimum atomic E-state index is -0.471.